The molecule has 5 nitrogen and oxygen atoms in total. The van der Waals surface area contributed by atoms with Gasteiger partial charge in [-0.05, 0) is 46.9 Å². The van der Waals surface area contributed by atoms with Gasteiger partial charge in [0.25, 0.3) is 12.5 Å². The van der Waals surface area contributed by atoms with E-state index in [0.717, 1.165) is 3.57 Å². The number of anilines is 1. The van der Waals surface area contributed by atoms with E-state index in [1.165, 1.54) is 0 Å². The van der Waals surface area contributed by atoms with E-state index in [4.69, 9.17) is 0 Å². The zero-order valence-corrected chi connectivity index (χ0v) is 9.22. The van der Waals surface area contributed by atoms with Crippen molar-refractivity contribution in [1.29, 1.82) is 0 Å². The molecule has 0 aliphatic carbocycles. The molecular formula is C8H7IN2O3. The average molecular weight is 306 g/mol. The molecule has 1 amide bonds. The number of carbonyl (C=O) groups excluding carboxylic acids is 1. The molecule has 1 aromatic carbocycles. The molecule has 1 rings (SSSR count). The van der Waals surface area contributed by atoms with E-state index in [9.17, 15) is 14.9 Å². The quantitative estimate of drug-likeness (QED) is 0.522. The van der Waals surface area contributed by atoms with Crippen LogP contribution in [0.2, 0.25) is 0 Å². The first kappa shape index (κ1) is 10.9. The molecule has 1 N–H and O–H groups in total. The van der Waals surface area contributed by atoms with Gasteiger partial charge in [0.05, 0.1) is 0 Å². The van der Waals surface area contributed by atoms with Crippen LogP contribution in [-0.2, 0) is 4.79 Å². The van der Waals surface area contributed by atoms with Crippen molar-refractivity contribution in [3.8, 4) is 0 Å². The summed E-state index contributed by atoms with van der Waals surface area (Å²) in [5, 5.41) is 12.4. The highest BCUT2D eigenvalue weighted by Crippen LogP contribution is 2.10. The van der Waals surface area contributed by atoms with Crippen LogP contribution in [0.1, 0.15) is 0 Å². The Bertz CT molecular complexity index is 350. The molecule has 74 valence electrons. The number of nitro groups is 1. The molecule has 0 saturated heterocycles. The van der Waals surface area contributed by atoms with Crippen LogP contribution in [0, 0.1) is 13.7 Å². The molecule has 14 heavy (non-hydrogen) atoms. The molecule has 0 saturated carbocycles. The van der Waals surface area contributed by atoms with Gasteiger partial charge in [-0.3, -0.25) is 14.9 Å². The third kappa shape index (κ3) is 3.69. The summed E-state index contributed by atoms with van der Waals surface area (Å²) in [5.41, 5.74) is 0.567. The second-order valence-corrected chi connectivity index (χ2v) is 3.79. The topological polar surface area (TPSA) is 72.2 Å². The lowest BCUT2D eigenvalue weighted by molar-refractivity contribution is -0.467. The predicted molar refractivity (Wildman–Crippen MR) is 59.7 cm³/mol. The van der Waals surface area contributed by atoms with Gasteiger partial charge in [-0.15, -0.1) is 0 Å². The van der Waals surface area contributed by atoms with Crippen LogP contribution in [0.25, 0.3) is 0 Å². The second kappa shape index (κ2) is 4.89. The first-order chi connectivity index (χ1) is 6.58. The van der Waals surface area contributed by atoms with E-state index < -0.39 is 17.4 Å². The fourth-order valence-electron chi connectivity index (χ4n) is 0.851. The summed E-state index contributed by atoms with van der Waals surface area (Å²) in [6.07, 6.45) is 0. The lowest BCUT2D eigenvalue weighted by atomic mass is 10.3. The summed E-state index contributed by atoms with van der Waals surface area (Å²) in [5.74, 6) is -0.615. The fourth-order valence-corrected chi connectivity index (χ4v) is 1.21. The van der Waals surface area contributed by atoms with Crippen molar-refractivity contribution in [3.63, 3.8) is 0 Å². The number of rotatable bonds is 3. The van der Waals surface area contributed by atoms with Crippen molar-refractivity contribution in [2.75, 3.05) is 11.9 Å². The normalized spacial score (nSPS) is 9.50. The minimum atomic E-state index is -0.702. The van der Waals surface area contributed by atoms with Crippen molar-refractivity contribution in [1.82, 2.24) is 0 Å². The third-order valence-corrected chi connectivity index (χ3v) is 2.12. The highest BCUT2D eigenvalue weighted by atomic mass is 127. The lowest BCUT2D eigenvalue weighted by Gasteiger charge is -2.01. The Hall–Kier alpha value is -1.18. The molecule has 0 bridgehead atoms. The molecule has 0 spiro atoms. The number of hydrogen-bond donors (Lipinski definition) is 1. The maximum Gasteiger partial charge on any atom is 0.296 e. The molecule has 0 aliphatic rings. The maximum atomic E-state index is 11.0. The number of nitrogens with one attached hydrogen (secondary N) is 1. The van der Waals surface area contributed by atoms with Crippen LogP contribution in [0.5, 0.6) is 0 Å². The van der Waals surface area contributed by atoms with Crippen molar-refractivity contribution in [2.45, 2.75) is 0 Å². The monoisotopic (exact) mass is 306 g/mol. The minimum absolute atomic E-state index is 0.567. The maximum absolute atomic E-state index is 11.0. The van der Waals surface area contributed by atoms with Crippen LogP contribution < -0.4 is 5.32 Å². The summed E-state index contributed by atoms with van der Waals surface area (Å²) in [7, 11) is 0. The second-order valence-electron chi connectivity index (χ2n) is 2.55. The van der Waals surface area contributed by atoms with Crippen molar-refractivity contribution in [3.05, 3.63) is 37.9 Å². The lowest BCUT2D eigenvalue weighted by Crippen LogP contribution is -2.21. The number of nitrogens with zero attached hydrogens (tertiary/aromatic N) is 1. The summed E-state index contributed by atoms with van der Waals surface area (Å²) in [6, 6.07) is 7.00. The Morgan fingerprint density at radius 3 is 2.50 bits per heavy atom. The first-order valence-corrected chi connectivity index (χ1v) is 4.83. The Kier molecular flexibility index (Phi) is 3.81. The van der Waals surface area contributed by atoms with Gasteiger partial charge in [0.1, 0.15) is 0 Å². The number of hydrogen-bond acceptors (Lipinski definition) is 3. The smallest absolute Gasteiger partial charge is 0.296 e. The van der Waals surface area contributed by atoms with Gasteiger partial charge in [0, 0.05) is 14.2 Å². The average Bonchev–Trinajstić information content (AvgIpc) is 2.07. The summed E-state index contributed by atoms with van der Waals surface area (Å²) in [6.45, 7) is -0.702. The van der Waals surface area contributed by atoms with Crippen molar-refractivity contribution in [2.24, 2.45) is 0 Å². The highest BCUT2D eigenvalue weighted by molar-refractivity contribution is 14.1. The van der Waals surface area contributed by atoms with Crippen LogP contribution in [0.15, 0.2) is 24.3 Å². The number of carbonyl (C=O) groups is 1. The van der Waals surface area contributed by atoms with E-state index in [-0.39, 0.29) is 0 Å². The minimum Gasteiger partial charge on any atom is -0.320 e. The van der Waals surface area contributed by atoms with Gasteiger partial charge in [0.2, 0.25) is 0 Å². The van der Waals surface area contributed by atoms with Gasteiger partial charge in [-0.2, -0.15) is 0 Å². The number of amides is 1. The van der Waals surface area contributed by atoms with Crippen LogP contribution in [-0.4, -0.2) is 17.4 Å². The van der Waals surface area contributed by atoms with E-state index in [0.29, 0.717) is 5.69 Å². The molecule has 0 fully saturated rings. The molecule has 0 unspecified atom stereocenters. The molecule has 0 atom stereocenters. The van der Waals surface area contributed by atoms with Gasteiger partial charge in [-0.25, -0.2) is 0 Å². The fraction of sp³-hybridized carbons (Fsp3) is 0.125. The third-order valence-electron chi connectivity index (χ3n) is 1.40. The standard InChI is InChI=1S/C8H7IN2O3/c9-6-1-3-7(4-2-6)10-8(12)5-11(13)14/h1-4H,5H2,(H,10,12). The Morgan fingerprint density at radius 1 is 1.43 bits per heavy atom. The largest absolute Gasteiger partial charge is 0.320 e. The summed E-state index contributed by atoms with van der Waals surface area (Å²) >= 11 is 2.13. The summed E-state index contributed by atoms with van der Waals surface area (Å²) in [4.78, 5) is 20.3. The molecular weight excluding hydrogens is 299 g/mol. The Balaban J connectivity index is 2.56. The van der Waals surface area contributed by atoms with Crippen molar-refractivity contribution >= 4 is 34.2 Å². The van der Waals surface area contributed by atoms with E-state index >= 15 is 0 Å². The first-order valence-electron chi connectivity index (χ1n) is 3.75. The molecule has 6 heteroatoms. The molecule has 0 radical (unpaired) electrons. The van der Waals surface area contributed by atoms with E-state index in [1.807, 2.05) is 12.1 Å². The highest BCUT2D eigenvalue weighted by Gasteiger charge is 2.08. The van der Waals surface area contributed by atoms with E-state index in [1.54, 1.807) is 12.1 Å². The van der Waals surface area contributed by atoms with Crippen molar-refractivity contribution < 1.29 is 9.72 Å². The molecule has 1 aromatic rings. The predicted octanol–water partition coefficient (Wildman–Crippen LogP) is 1.51. The van der Waals surface area contributed by atoms with Gasteiger partial charge in [0.15, 0.2) is 0 Å². The van der Waals surface area contributed by atoms with Gasteiger partial charge >= 0.3 is 0 Å². The van der Waals surface area contributed by atoms with Crippen LogP contribution in [0.3, 0.4) is 0 Å². The van der Waals surface area contributed by atoms with Gasteiger partial charge < -0.3 is 5.32 Å². The molecule has 0 heterocycles. The molecule has 0 aliphatic heterocycles. The SMILES string of the molecule is O=C(C[N+](=O)[O-])Nc1ccc(I)cc1. The number of halogens is 1. The van der Waals surface area contributed by atoms with Crippen LogP contribution in [0.4, 0.5) is 5.69 Å². The summed E-state index contributed by atoms with van der Waals surface area (Å²) < 4.78 is 1.04. The van der Waals surface area contributed by atoms with E-state index in [2.05, 4.69) is 27.9 Å². The van der Waals surface area contributed by atoms with Gasteiger partial charge in [-0.1, -0.05) is 0 Å². The zero-order chi connectivity index (χ0) is 10.6. The zero-order valence-electron chi connectivity index (χ0n) is 7.07. The Labute approximate surface area is 93.8 Å². The van der Waals surface area contributed by atoms with Crippen LogP contribution >= 0.6 is 22.6 Å². The Morgan fingerprint density at radius 2 is 2.00 bits per heavy atom. The number of benzene rings is 1. The molecule has 0 aromatic heterocycles.